The second-order valence-electron chi connectivity index (χ2n) is 8.29. The first-order valence-electron chi connectivity index (χ1n) is 11.6. The molecule has 1 fully saturated rings. The number of carbonyl (C=O) groups is 2. The van der Waals surface area contributed by atoms with E-state index >= 15 is 0 Å². The summed E-state index contributed by atoms with van der Waals surface area (Å²) in [6.45, 7) is 4.19. The van der Waals surface area contributed by atoms with Gasteiger partial charge in [0.05, 0.1) is 17.0 Å². The van der Waals surface area contributed by atoms with Crippen LogP contribution in [0.15, 0.2) is 47.2 Å². The molecule has 1 aliphatic heterocycles. The molecule has 4 rings (SSSR count). The second-order valence-corrected chi connectivity index (χ2v) is 10.1. The molecule has 2 aromatic heterocycles. The molecule has 1 aromatic carbocycles. The van der Waals surface area contributed by atoms with Crippen molar-refractivity contribution in [3.05, 3.63) is 52.9 Å². The molecular weight excluding hydrogens is 452 g/mol. The van der Waals surface area contributed by atoms with E-state index in [-0.39, 0.29) is 18.2 Å². The Labute approximate surface area is 203 Å². The Morgan fingerprint density at radius 3 is 2.76 bits per heavy atom. The molecule has 2 N–H and O–H groups in total. The first kappa shape index (κ1) is 23.4. The monoisotopic (exact) mass is 482 g/mol. The fourth-order valence-electron chi connectivity index (χ4n) is 3.97. The standard InChI is InChI=1S/C25H30N4O2S2/c1-2-3-10-21(24(31)26-18-8-6-9-20(15-18)29-12-4-5-13-29)28-23(30)16-19-17-33-25(27-19)22-11-7-14-32-22/h6-9,11,14-15,17,21H,2-5,10,12-13,16H2,1H3,(H,26,31)(H,28,30). The molecule has 0 aliphatic carbocycles. The van der Waals surface area contributed by atoms with Crippen molar-refractivity contribution >= 4 is 45.9 Å². The van der Waals surface area contributed by atoms with Crippen LogP contribution in [0.5, 0.6) is 0 Å². The number of nitrogens with one attached hydrogen (secondary N) is 2. The maximum Gasteiger partial charge on any atom is 0.246 e. The third-order valence-corrected chi connectivity index (χ3v) is 7.64. The van der Waals surface area contributed by atoms with Crippen molar-refractivity contribution in [1.82, 2.24) is 10.3 Å². The van der Waals surface area contributed by atoms with Crippen molar-refractivity contribution in [1.29, 1.82) is 0 Å². The SMILES string of the molecule is CCCCC(NC(=O)Cc1csc(-c2cccs2)n1)C(=O)Nc1cccc(N2CCCC2)c1. The van der Waals surface area contributed by atoms with Gasteiger partial charge in [0.2, 0.25) is 11.8 Å². The number of thiazole rings is 1. The number of carbonyl (C=O) groups excluding carboxylic acids is 2. The van der Waals surface area contributed by atoms with E-state index in [9.17, 15) is 9.59 Å². The first-order chi connectivity index (χ1) is 16.1. The third-order valence-electron chi connectivity index (χ3n) is 5.71. The highest BCUT2D eigenvalue weighted by Crippen LogP contribution is 2.28. The lowest BCUT2D eigenvalue weighted by Gasteiger charge is -2.20. The number of thiophene rings is 1. The van der Waals surface area contributed by atoms with E-state index in [1.54, 1.807) is 11.3 Å². The zero-order valence-corrected chi connectivity index (χ0v) is 20.5. The van der Waals surface area contributed by atoms with Gasteiger partial charge in [-0.05, 0) is 48.9 Å². The average molecular weight is 483 g/mol. The van der Waals surface area contributed by atoms with Gasteiger partial charge < -0.3 is 15.5 Å². The molecule has 0 spiro atoms. The molecule has 6 nitrogen and oxygen atoms in total. The van der Waals surface area contributed by atoms with Gasteiger partial charge in [0.1, 0.15) is 11.0 Å². The molecule has 1 aliphatic rings. The van der Waals surface area contributed by atoms with Gasteiger partial charge in [-0.25, -0.2) is 4.98 Å². The highest BCUT2D eigenvalue weighted by molar-refractivity contribution is 7.20. The zero-order chi connectivity index (χ0) is 23.0. The molecule has 1 unspecified atom stereocenters. The minimum atomic E-state index is -0.566. The Morgan fingerprint density at radius 1 is 1.15 bits per heavy atom. The molecule has 1 saturated heterocycles. The summed E-state index contributed by atoms with van der Waals surface area (Å²) in [5.74, 6) is -0.354. The van der Waals surface area contributed by atoms with E-state index in [0.29, 0.717) is 6.42 Å². The number of anilines is 2. The lowest BCUT2D eigenvalue weighted by atomic mass is 10.1. The van der Waals surface area contributed by atoms with E-state index in [1.807, 2.05) is 41.1 Å². The van der Waals surface area contributed by atoms with Crippen LogP contribution in [0.4, 0.5) is 11.4 Å². The van der Waals surface area contributed by atoms with Crippen molar-refractivity contribution in [3.8, 4) is 9.88 Å². The summed E-state index contributed by atoms with van der Waals surface area (Å²) in [5.41, 5.74) is 2.62. The second kappa shape index (κ2) is 11.4. The molecule has 33 heavy (non-hydrogen) atoms. The highest BCUT2D eigenvalue weighted by atomic mass is 32.1. The van der Waals surface area contributed by atoms with Crippen LogP contribution in [0.25, 0.3) is 9.88 Å². The van der Waals surface area contributed by atoms with Gasteiger partial charge in [-0.1, -0.05) is 31.9 Å². The number of benzene rings is 1. The maximum absolute atomic E-state index is 13.0. The van der Waals surface area contributed by atoms with E-state index in [0.717, 1.165) is 52.9 Å². The summed E-state index contributed by atoms with van der Waals surface area (Å²) >= 11 is 3.17. The summed E-state index contributed by atoms with van der Waals surface area (Å²) in [6.07, 6.45) is 5.01. The van der Waals surface area contributed by atoms with Gasteiger partial charge in [-0.3, -0.25) is 9.59 Å². The van der Waals surface area contributed by atoms with Crippen molar-refractivity contribution in [2.75, 3.05) is 23.3 Å². The number of amides is 2. The van der Waals surface area contributed by atoms with E-state index < -0.39 is 6.04 Å². The molecule has 174 valence electrons. The fourth-order valence-corrected chi connectivity index (χ4v) is 5.61. The Kier molecular flexibility index (Phi) is 8.12. The molecule has 3 aromatic rings. The number of hydrogen-bond donors (Lipinski definition) is 2. The van der Waals surface area contributed by atoms with Crippen molar-refractivity contribution in [2.45, 2.75) is 51.5 Å². The largest absolute Gasteiger partial charge is 0.371 e. The summed E-state index contributed by atoms with van der Waals surface area (Å²) in [6, 6.07) is 11.4. The summed E-state index contributed by atoms with van der Waals surface area (Å²) in [5, 5.41) is 10.8. The normalized spacial score (nSPS) is 14.3. The lowest BCUT2D eigenvalue weighted by molar-refractivity contribution is -0.126. The topological polar surface area (TPSA) is 74.3 Å². The molecule has 1 atom stereocenters. The van der Waals surface area contributed by atoms with E-state index in [4.69, 9.17) is 0 Å². The first-order valence-corrected chi connectivity index (χ1v) is 13.3. The summed E-state index contributed by atoms with van der Waals surface area (Å²) in [7, 11) is 0. The Balaban J connectivity index is 1.37. The summed E-state index contributed by atoms with van der Waals surface area (Å²) < 4.78 is 0. The number of nitrogens with zero attached hydrogens (tertiary/aromatic N) is 2. The van der Waals surface area contributed by atoms with Gasteiger partial charge in [-0.15, -0.1) is 22.7 Å². The van der Waals surface area contributed by atoms with Crippen LogP contribution in [0.2, 0.25) is 0 Å². The predicted octanol–water partition coefficient (Wildman–Crippen LogP) is 5.33. The summed E-state index contributed by atoms with van der Waals surface area (Å²) in [4.78, 5) is 33.8. The lowest BCUT2D eigenvalue weighted by Crippen LogP contribution is -2.44. The Hall–Kier alpha value is -2.71. The minimum absolute atomic E-state index is 0.169. The molecular formula is C25H30N4O2S2. The number of unbranched alkanes of at least 4 members (excludes halogenated alkanes) is 1. The van der Waals surface area contributed by atoms with Crippen LogP contribution in [-0.4, -0.2) is 35.9 Å². The van der Waals surface area contributed by atoms with Crippen molar-refractivity contribution in [3.63, 3.8) is 0 Å². The quantitative estimate of drug-likeness (QED) is 0.410. The zero-order valence-electron chi connectivity index (χ0n) is 18.9. The van der Waals surface area contributed by atoms with E-state index in [2.05, 4.69) is 33.5 Å². The molecule has 8 heteroatoms. The van der Waals surface area contributed by atoms with Gasteiger partial charge in [0, 0.05) is 29.8 Å². The Morgan fingerprint density at radius 2 is 2.00 bits per heavy atom. The van der Waals surface area contributed by atoms with Crippen molar-refractivity contribution < 1.29 is 9.59 Å². The average Bonchev–Trinajstić information content (AvgIpc) is 3.59. The predicted molar refractivity (Wildman–Crippen MR) is 137 cm³/mol. The molecule has 3 heterocycles. The van der Waals surface area contributed by atoms with Crippen LogP contribution in [0, 0.1) is 0 Å². The highest BCUT2D eigenvalue weighted by Gasteiger charge is 2.22. The maximum atomic E-state index is 13.0. The van der Waals surface area contributed by atoms with Gasteiger partial charge in [-0.2, -0.15) is 0 Å². The van der Waals surface area contributed by atoms with Crippen LogP contribution in [0.3, 0.4) is 0 Å². The van der Waals surface area contributed by atoms with Crippen LogP contribution >= 0.6 is 22.7 Å². The molecule has 0 radical (unpaired) electrons. The van der Waals surface area contributed by atoms with Gasteiger partial charge in [0.25, 0.3) is 0 Å². The minimum Gasteiger partial charge on any atom is -0.371 e. The number of hydrogen-bond acceptors (Lipinski definition) is 6. The van der Waals surface area contributed by atoms with Crippen molar-refractivity contribution in [2.24, 2.45) is 0 Å². The molecule has 0 saturated carbocycles. The number of rotatable bonds is 10. The van der Waals surface area contributed by atoms with Gasteiger partial charge >= 0.3 is 0 Å². The van der Waals surface area contributed by atoms with E-state index in [1.165, 1.54) is 24.2 Å². The fraction of sp³-hybridized carbons (Fsp3) is 0.400. The van der Waals surface area contributed by atoms with Gasteiger partial charge in [0.15, 0.2) is 0 Å². The molecule has 2 amide bonds. The third kappa shape index (κ3) is 6.42. The smallest absolute Gasteiger partial charge is 0.246 e. The Bertz CT molecular complexity index is 1060. The van der Waals surface area contributed by atoms with Crippen LogP contribution in [-0.2, 0) is 16.0 Å². The van der Waals surface area contributed by atoms with Crippen LogP contribution in [0.1, 0.15) is 44.7 Å². The molecule has 0 bridgehead atoms. The number of aromatic nitrogens is 1. The van der Waals surface area contributed by atoms with Crippen LogP contribution < -0.4 is 15.5 Å².